The minimum Gasteiger partial charge on any atom is -0.453 e. The average molecular weight is 636 g/mol. The zero-order chi connectivity index (χ0) is 32.8. The fraction of sp³-hybridized carbons (Fsp3) is 0.188. The van der Waals surface area contributed by atoms with E-state index < -0.39 is 23.9 Å². The summed E-state index contributed by atoms with van der Waals surface area (Å²) < 4.78 is 20.0. The fourth-order valence-corrected chi connectivity index (χ4v) is 4.58. The van der Waals surface area contributed by atoms with Gasteiger partial charge in [-0.05, 0) is 66.9 Å². The number of nitrogens with zero attached hydrogens (tertiary/aromatic N) is 2. The van der Waals surface area contributed by atoms with Crippen LogP contribution in [0.15, 0.2) is 77.9 Å². The van der Waals surface area contributed by atoms with Gasteiger partial charge < -0.3 is 21.2 Å². The Morgan fingerprint density at radius 1 is 1.13 bits per heavy atom. The third-order valence-electron chi connectivity index (χ3n) is 6.53. The van der Waals surface area contributed by atoms with Gasteiger partial charge in [0, 0.05) is 33.5 Å². The molecule has 0 bridgehead atoms. The minimum absolute atomic E-state index is 0.236. The molecule has 45 heavy (non-hydrogen) atoms. The van der Waals surface area contributed by atoms with E-state index in [-0.39, 0.29) is 5.56 Å². The van der Waals surface area contributed by atoms with E-state index in [2.05, 4.69) is 25.8 Å². The lowest BCUT2D eigenvalue weighted by Gasteiger charge is -2.20. The van der Waals surface area contributed by atoms with E-state index in [9.17, 15) is 14.4 Å². The molecule has 236 valence electrons. The zero-order valence-corrected chi connectivity index (χ0v) is 25.6. The summed E-state index contributed by atoms with van der Waals surface area (Å²) in [6.45, 7) is 2.04. The molecule has 0 aliphatic heterocycles. The molecule has 0 aliphatic carbocycles. The highest BCUT2D eigenvalue weighted by Gasteiger charge is 2.19. The standard InChI is InChI=1S/C32H35ClFN7O4/c1-3-4-5-6-7-28(40-31(43)15-9-22-16-23(33)10-14-30(22)41(36)19-38-35)26-17-21(8-13-27(26)34)25-12-11-24(39-32(44)45-2)18-29(25)37-20-42/h5-6,8-20,28H,3-4,7,35-36H2,1-2H3,(H,37,42)(H,39,44)(H,40,43)/b6-5+,15-9+,38-19-. The smallest absolute Gasteiger partial charge is 0.411 e. The van der Waals surface area contributed by atoms with Crippen LogP contribution in [0.25, 0.3) is 17.2 Å². The third kappa shape index (κ3) is 9.91. The molecule has 0 fully saturated rings. The summed E-state index contributed by atoms with van der Waals surface area (Å²) in [4.78, 5) is 36.2. The first-order valence-corrected chi connectivity index (χ1v) is 14.3. The normalized spacial score (nSPS) is 11.9. The number of allylic oxidation sites excluding steroid dienone is 1. The van der Waals surface area contributed by atoms with Gasteiger partial charge in [0.05, 0.1) is 24.5 Å². The molecule has 1 unspecified atom stereocenters. The number of unbranched alkanes of at least 4 members (excludes halogenated alkanes) is 1. The first-order chi connectivity index (χ1) is 21.7. The van der Waals surface area contributed by atoms with Crippen LogP contribution in [0.3, 0.4) is 0 Å². The molecule has 3 aromatic carbocycles. The SMILES string of the molecule is CCC/C=C/CC(NC(=O)/C=C/c1cc(Cl)ccc1N(N)/C=N\N)c1cc(-c2ccc(NC(=O)OC)cc2NC=O)ccc1F. The highest BCUT2D eigenvalue weighted by atomic mass is 35.5. The number of rotatable bonds is 14. The van der Waals surface area contributed by atoms with Crippen molar-refractivity contribution in [2.24, 2.45) is 16.8 Å². The Bertz CT molecular complexity index is 1600. The predicted molar refractivity (Wildman–Crippen MR) is 177 cm³/mol. The first kappa shape index (κ1) is 34.3. The summed E-state index contributed by atoms with van der Waals surface area (Å²) in [5.41, 5.74) is 3.13. The van der Waals surface area contributed by atoms with Gasteiger partial charge in [-0.3, -0.25) is 19.9 Å². The second-order valence-electron chi connectivity index (χ2n) is 9.64. The summed E-state index contributed by atoms with van der Waals surface area (Å²) in [5.74, 6) is 10.2. The van der Waals surface area contributed by atoms with Crippen molar-refractivity contribution in [2.45, 2.75) is 32.2 Å². The molecule has 11 nitrogen and oxygen atoms in total. The minimum atomic E-state index is -0.743. The lowest BCUT2D eigenvalue weighted by Crippen LogP contribution is -2.30. The molecule has 0 radical (unpaired) electrons. The largest absolute Gasteiger partial charge is 0.453 e. The molecule has 0 saturated carbocycles. The summed E-state index contributed by atoms with van der Waals surface area (Å²) in [7, 11) is 1.23. The number of halogens is 2. The number of ether oxygens (including phenoxy) is 1. The molecular weight excluding hydrogens is 601 g/mol. The number of hydrazone groups is 1. The van der Waals surface area contributed by atoms with Crippen LogP contribution in [0.5, 0.6) is 0 Å². The molecule has 1 atom stereocenters. The number of hydrazine groups is 1. The lowest BCUT2D eigenvalue weighted by atomic mass is 9.95. The average Bonchev–Trinajstić information content (AvgIpc) is 3.02. The first-order valence-electron chi connectivity index (χ1n) is 13.9. The van der Waals surface area contributed by atoms with Crippen LogP contribution in [0.4, 0.5) is 26.2 Å². The third-order valence-corrected chi connectivity index (χ3v) is 6.77. The van der Waals surface area contributed by atoms with Gasteiger partial charge >= 0.3 is 6.09 Å². The number of methoxy groups -OCH3 is 1. The van der Waals surface area contributed by atoms with Crippen molar-refractivity contribution in [1.82, 2.24) is 5.32 Å². The lowest BCUT2D eigenvalue weighted by molar-refractivity contribution is -0.117. The number of nitrogens with two attached hydrogens (primary N) is 2. The van der Waals surface area contributed by atoms with Crippen molar-refractivity contribution in [3.05, 3.63) is 94.8 Å². The summed E-state index contributed by atoms with van der Waals surface area (Å²) in [6, 6.07) is 13.5. The molecule has 0 aliphatic rings. The van der Waals surface area contributed by atoms with Crippen LogP contribution in [0, 0.1) is 5.82 Å². The van der Waals surface area contributed by atoms with Gasteiger partial charge in [-0.25, -0.2) is 15.0 Å². The predicted octanol–water partition coefficient (Wildman–Crippen LogP) is 6.09. The number of anilines is 3. The van der Waals surface area contributed by atoms with Gasteiger partial charge in [-0.15, -0.1) is 0 Å². The number of hydrogen-bond donors (Lipinski definition) is 5. The number of carbonyl (C=O) groups is 3. The summed E-state index contributed by atoms with van der Waals surface area (Å²) >= 11 is 6.16. The molecule has 3 aromatic rings. The maximum Gasteiger partial charge on any atom is 0.411 e. The molecule has 3 amide bonds. The van der Waals surface area contributed by atoms with Crippen molar-refractivity contribution in [3.8, 4) is 11.1 Å². The monoisotopic (exact) mass is 635 g/mol. The van der Waals surface area contributed by atoms with E-state index in [1.54, 1.807) is 48.5 Å². The van der Waals surface area contributed by atoms with E-state index in [0.717, 1.165) is 12.8 Å². The van der Waals surface area contributed by atoms with Gasteiger partial charge in [0.2, 0.25) is 12.3 Å². The highest BCUT2D eigenvalue weighted by Crippen LogP contribution is 2.34. The van der Waals surface area contributed by atoms with E-state index in [1.165, 1.54) is 36.7 Å². The molecule has 3 rings (SSSR count). The summed E-state index contributed by atoms with van der Waals surface area (Å²) in [6.07, 6.45) is 9.79. The number of carbonyl (C=O) groups excluding carboxylic acids is 3. The molecule has 13 heteroatoms. The van der Waals surface area contributed by atoms with E-state index in [0.29, 0.717) is 51.6 Å². The highest BCUT2D eigenvalue weighted by molar-refractivity contribution is 6.30. The Labute approximate surface area is 265 Å². The number of hydrogen-bond acceptors (Lipinski definition) is 7. The zero-order valence-electron chi connectivity index (χ0n) is 24.8. The molecule has 0 heterocycles. The Morgan fingerprint density at radius 2 is 1.93 bits per heavy atom. The van der Waals surface area contributed by atoms with Gasteiger partial charge in [-0.1, -0.05) is 49.2 Å². The molecule has 0 aromatic heterocycles. The van der Waals surface area contributed by atoms with E-state index in [4.69, 9.17) is 23.3 Å². The number of amides is 3. The molecule has 0 spiro atoms. The maximum absolute atomic E-state index is 15.4. The van der Waals surface area contributed by atoms with Crippen LogP contribution in [-0.2, 0) is 14.3 Å². The quantitative estimate of drug-likeness (QED) is 0.0272. The van der Waals surface area contributed by atoms with Crippen LogP contribution < -0.4 is 32.6 Å². The van der Waals surface area contributed by atoms with E-state index in [1.807, 2.05) is 19.1 Å². The molecular formula is C32H35ClFN7O4. The Kier molecular flexibility index (Phi) is 13.1. The van der Waals surface area contributed by atoms with Crippen molar-refractivity contribution in [1.29, 1.82) is 0 Å². The second-order valence-corrected chi connectivity index (χ2v) is 10.1. The number of benzene rings is 3. The second kappa shape index (κ2) is 17.2. The Hall–Kier alpha value is -5.20. The van der Waals surface area contributed by atoms with Crippen LogP contribution in [0.2, 0.25) is 5.02 Å². The maximum atomic E-state index is 15.4. The molecule has 0 saturated heterocycles. The van der Waals surface area contributed by atoms with Crippen LogP contribution >= 0.6 is 11.6 Å². The van der Waals surface area contributed by atoms with Crippen molar-refractivity contribution >= 4 is 59.5 Å². The fourth-order valence-electron chi connectivity index (χ4n) is 4.40. The topological polar surface area (TPSA) is 164 Å². The summed E-state index contributed by atoms with van der Waals surface area (Å²) in [5, 5.41) is 13.1. The van der Waals surface area contributed by atoms with Crippen molar-refractivity contribution in [2.75, 3.05) is 22.8 Å². The number of nitrogens with one attached hydrogen (secondary N) is 3. The van der Waals surface area contributed by atoms with Crippen molar-refractivity contribution in [3.63, 3.8) is 0 Å². The van der Waals surface area contributed by atoms with Crippen molar-refractivity contribution < 1.29 is 23.5 Å². The van der Waals surface area contributed by atoms with Gasteiger partial charge in [-0.2, -0.15) is 5.10 Å². The van der Waals surface area contributed by atoms with Gasteiger partial charge in [0.1, 0.15) is 12.2 Å². The van der Waals surface area contributed by atoms with E-state index >= 15 is 4.39 Å². The van der Waals surface area contributed by atoms with Crippen LogP contribution in [0.1, 0.15) is 43.4 Å². The van der Waals surface area contributed by atoms with Crippen LogP contribution in [-0.4, -0.2) is 31.9 Å². The molecule has 7 N–H and O–H groups in total. The Morgan fingerprint density at radius 3 is 2.64 bits per heavy atom. The van der Waals surface area contributed by atoms with Gasteiger partial charge in [0.25, 0.3) is 0 Å². The Balaban J connectivity index is 1.97. The van der Waals surface area contributed by atoms with Gasteiger partial charge in [0.15, 0.2) is 0 Å².